The zero-order chi connectivity index (χ0) is 6.69. The van der Waals surface area contributed by atoms with Crippen molar-refractivity contribution in [2.45, 2.75) is 6.92 Å². The quantitative estimate of drug-likeness (QED) is 0.666. The molecule has 1 heterocycles. The molecule has 0 amide bonds. The molecule has 0 bridgehead atoms. The minimum atomic E-state index is 0.349. The van der Waals surface area contributed by atoms with Gasteiger partial charge in [0.05, 0.1) is 18.3 Å². The van der Waals surface area contributed by atoms with Gasteiger partial charge in [-0.15, -0.1) is 4.37 Å². The highest BCUT2D eigenvalue weighted by Gasteiger charge is 2.03. The van der Waals surface area contributed by atoms with Crippen molar-refractivity contribution in [3.05, 3.63) is 5.15 Å². The molecule has 1 rings (SSSR count). The second-order valence-electron chi connectivity index (χ2n) is 1.29. The Labute approximate surface area is 61.9 Å². The number of aromatic nitrogens is 2. The van der Waals surface area contributed by atoms with Crippen molar-refractivity contribution >= 4 is 23.3 Å². The highest BCUT2D eigenvalue weighted by Crippen LogP contribution is 2.19. The summed E-state index contributed by atoms with van der Waals surface area (Å²) < 4.78 is 12.5. The third-order valence-electron chi connectivity index (χ3n) is 0.702. The second-order valence-corrected chi connectivity index (χ2v) is 2.18. The zero-order valence-electron chi connectivity index (χ0n) is 4.80. The number of hydrogen-bond acceptors (Lipinski definition) is 4. The van der Waals surface area contributed by atoms with E-state index in [0.717, 1.165) is 11.7 Å². The smallest absolute Gasteiger partial charge is 0.265 e. The molecule has 0 atom stereocenters. The second kappa shape index (κ2) is 2.98. The van der Waals surface area contributed by atoms with Crippen LogP contribution in [-0.2, 0) is 0 Å². The summed E-state index contributed by atoms with van der Waals surface area (Å²) in [5, 5.41) is 0.349. The Kier molecular flexibility index (Phi) is 2.24. The third-order valence-corrected chi connectivity index (χ3v) is 1.56. The van der Waals surface area contributed by atoms with Crippen LogP contribution in [0.15, 0.2) is 0 Å². The van der Waals surface area contributed by atoms with Crippen LogP contribution in [0.3, 0.4) is 0 Å². The van der Waals surface area contributed by atoms with Crippen LogP contribution in [-0.4, -0.2) is 15.4 Å². The molecule has 1 aromatic heterocycles. The summed E-state index contributed by atoms with van der Waals surface area (Å²) >= 11 is 6.58. The molecule has 0 aliphatic carbocycles. The summed E-state index contributed by atoms with van der Waals surface area (Å²) in [6.07, 6.45) is 0. The Morgan fingerprint density at radius 1 is 1.67 bits per heavy atom. The van der Waals surface area contributed by atoms with Gasteiger partial charge in [0.2, 0.25) is 5.15 Å². The van der Waals surface area contributed by atoms with E-state index in [1.165, 1.54) is 0 Å². The van der Waals surface area contributed by atoms with E-state index in [-0.39, 0.29) is 0 Å². The molecule has 0 saturated heterocycles. The van der Waals surface area contributed by atoms with Crippen LogP contribution in [0.5, 0.6) is 5.88 Å². The van der Waals surface area contributed by atoms with E-state index in [9.17, 15) is 0 Å². The maximum absolute atomic E-state index is 5.53. The number of nitrogens with zero attached hydrogens (tertiary/aromatic N) is 2. The van der Waals surface area contributed by atoms with Gasteiger partial charge in [-0.1, -0.05) is 11.6 Å². The summed E-state index contributed by atoms with van der Waals surface area (Å²) in [5.74, 6) is 0.434. The zero-order valence-corrected chi connectivity index (χ0v) is 6.37. The van der Waals surface area contributed by atoms with E-state index in [1.54, 1.807) is 0 Å². The van der Waals surface area contributed by atoms with Crippen molar-refractivity contribution in [2.24, 2.45) is 0 Å². The lowest BCUT2D eigenvalue weighted by molar-refractivity contribution is 0.330. The molecule has 0 N–H and O–H groups in total. The van der Waals surface area contributed by atoms with Gasteiger partial charge in [-0.05, 0) is 6.92 Å². The molecular formula is C4H5ClN2OS. The SMILES string of the molecule is CCOc1nsnc1Cl. The van der Waals surface area contributed by atoms with Gasteiger partial charge >= 0.3 is 0 Å². The Balaban J connectivity index is 2.69. The first-order valence-corrected chi connectivity index (χ1v) is 3.56. The maximum Gasteiger partial charge on any atom is 0.265 e. The van der Waals surface area contributed by atoms with Gasteiger partial charge in [0.1, 0.15) is 0 Å². The summed E-state index contributed by atoms with van der Waals surface area (Å²) in [7, 11) is 0. The van der Waals surface area contributed by atoms with Crippen molar-refractivity contribution < 1.29 is 4.74 Å². The van der Waals surface area contributed by atoms with E-state index in [2.05, 4.69) is 8.75 Å². The van der Waals surface area contributed by atoms with Crippen LogP contribution in [0.1, 0.15) is 6.92 Å². The van der Waals surface area contributed by atoms with E-state index in [1.807, 2.05) is 6.92 Å². The number of halogens is 1. The van der Waals surface area contributed by atoms with Crippen LogP contribution in [0, 0.1) is 0 Å². The van der Waals surface area contributed by atoms with Gasteiger partial charge in [0.25, 0.3) is 5.88 Å². The fourth-order valence-corrected chi connectivity index (χ4v) is 1.04. The molecule has 1 aromatic rings. The van der Waals surface area contributed by atoms with Gasteiger partial charge in [-0.2, -0.15) is 4.37 Å². The average molecular weight is 165 g/mol. The predicted octanol–water partition coefficient (Wildman–Crippen LogP) is 1.59. The van der Waals surface area contributed by atoms with Crippen molar-refractivity contribution in [1.82, 2.24) is 8.75 Å². The van der Waals surface area contributed by atoms with Crippen molar-refractivity contribution in [1.29, 1.82) is 0 Å². The van der Waals surface area contributed by atoms with Crippen molar-refractivity contribution in [3.63, 3.8) is 0 Å². The molecule has 0 saturated carbocycles. The fourth-order valence-electron chi connectivity index (χ4n) is 0.393. The Morgan fingerprint density at radius 2 is 2.44 bits per heavy atom. The Bertz CT molecular complexity index is 190. The Hall–Kier alpha value is -0.350. The molecule has 0 aliphatic heterocycles. The van der Waals surface area contributed by atoms with E-state index in [0.29, 0.717) is 17.6 Å². The van der Waals surface area contributed by atoms with Crippen LogP contribution < -0.4 is 4.74 Å². The summed E-state index contributed by atoms with van der Waals surface area (Å²) in [6.45, 7) is 2.45. The van der Waals surface area contributed by atoms with Crippen LogP contribution in [0.25, 0.3) is 0 Å². The predicted molar refractivity (Wildman–Crippen MR) is 36.1 cm³/mol. The van der Waals surface area contributed by atoms with Crippen LogP contribution in [0.4, 0.5) is 0 Å². The lowest BCUT2D eigenvalue weighted by atomic mass is 10.8. The highest BCUT2D eigenvalue weighted by atomic mass is 35.5. The average Bonchev–Trinajstić information content (AvgIpc) is 2.18. The number of hydrogen-bond donors (Lipinski definition) is 0. The summed E-state index contributed by atoms with van der Waals surface area (Å²) in [5.41, 5.74) is 0. The third kappa shape index (κ3) is 1.53. The largest absolute Gasteiger partial charge is 0.475 e. The molecule has 9 heavy (non-hydrogen) atoms. The topological polar surface area (TPSA) is 35.0 Å². The van der Waals surface area contributed by atoms with Crippen LogP contribution in [0.2, 0.25) is 5.15 Å². The molecule has 0 radical (unpaired) electrons. The first kappa shape index (κ1) is 6.77. The maximum atomic E-state index is 5.53. The van der Waals surface area contributed by atoms with Gasteiger partial charge in [-0.25, -0.2) is 0 Å². The van der Waals surface area contributed by atoms with E-state index >= 15 is 0 Å². The first-order chi connectivity index (χ1) is 4.34. The van der Waals surface area contributed by atoms with Gasteiger partial charge in [0, 0.05) is 0 Å². The minimum absolute atomic E-state index is 0.349. The first-order valence-electron chi connectivity index (χ1n) is 2.45. The minimum Gasteiger partial charge on any atom is -0.475 e. The number of ether oxygens (including phenoxy) is 1. The van der Waals surface area contributed by atoms with Gasteiger partial charge in [-0.3, -0.25) is 0 Å². The molecule has 0 fully saturated rings. The Morgan fingerprint density at radius 3 is 2.89 bits per heavy atom. The lowest BCUT2D eigenvalue weighted by Crippen LogP contribution is -1.90. The monoisotopic (exact) mass is 164 g/mol. The molecule has 0 aromatic carbocycles. The lowest BCUT2D eigenvalue weighted by Gasteiger charge is -1.93. The van der Waals surface area contributed by atoms with Crippen molar-refractivity contribution in [3.8, 4) is 5.88 Å². The summed E-state index contributed by atoms with van der Waals surface area (Å²) in [6, 6.07) is 0. The number of rotatable bonds is 2. The van der Waals surface area contributed by atoms with Crippen molar-refractivity contribution in [2.75, 3.05) is 6.61 Å². The van der Waals surface area contributed by atoms with Gasteiger partial charge in [0.15, 0.2) is 0 Å². The molecule has 0 unspecified atom stereocenters. The fraction of sp³-hybridized carbons (Fsp3) is 0.500. The molecule has 0 aliphatic rings. The molecule has 50 valence electrons. The normalized spacial score (nSPS) is 9.56. The summed E-state index contributed by atoms with van der Waals surface area (Å²) in [4.78, 5) is 0. The standard InChI is InChI=1S/C4H5ClN2OS/c1-2-8-4-3(5)6-9-7-4/h2H2,1H3. The van der Waals surface area contributed by atoms with Crippen LogP contribution >= 0.6 is 23.3 Å². The van der Waals surface area contributed by atoms with Gasteiger partial charge < -0.3 is 4.74 Å². The molecule has 0 spiro atoms. The van der Waals surface area contributed by atoms with E-state index < -0.39 is 0 Å². The highest BCUT2D eigenvalue weighted by molar-refractivity contribution is 6.99. The molecule has 3 nitrogen and oxygen atoms in total. The molecule has 5 heteroatoms. The molecular weight excluding hydrogens is 160 g/mol. The van der Waals surface area contributed by atoms with E-state index in [4.69, 9.17) is 16.3 Å².